The predicted molar refractivity (Wildman–Crippen MR) is 139 cm³/mol. The molecular weight excluding hydrogens is 598 g/mol. The summed E-state index contributed by atoms with van der Waals surface area (Å²) in [5.41, 5.74) is -4.26. The highest BCUT2D eigenvalue weighted by Crippen LogP contribution is 2.38. The van der Waals surface area contributed by atoms with E-state index in [0.717, 1.165) is 30.4 Å². The van der Waals surface area contributed by atoms with Gasteiger partial charge >= 0.3 is 12.4 Å². The van der Waals surface area contributed by atoms with Crippen LogP contribution in [0.5, 0.6) is 5.75 Å². The minimum absolute atomic E-state index is 0.0143. The molecule has 1 unspecified atom stereocenters. The fourth-order valence-corrected chi connectivity index (χ4v) is 5.16. The second-order valence-electron chi connectivity index (χ2n) is 10.3. The Morgan fingerprint density at radius 2 is 1.98 bits per heavy atom. The van der Waals surface area contributed by atoms with E-state index in [4.69, 9.17) is 9.47 Å². The van der Waals surface area contributed by atoms with E-state index in [1.54, 1.807) is 23.8 Å². The lowest BCUT2D eigenvalue weighted by atomic mass is 10.1. The first kappa shape index (κ1) is 31.7. The molecule has 0 aromatic carbocycles. The van der Waals surface area contributed by atoms with Crippen LogP contribution in [0.25, 0.3) is 0 Å². The molecule has 4 rings (SSSR count). The van der Waals surface area contributed by atoms with Crippen molar-refractivity contribution in [2.75, 3.05) is 49.1 Å². The summed E-state index contributed by atoms with van der Waals surface area (Å²) in [7, 11) is 0. The van der Waals surface area contributed by atoms with E-state index in [-0.39, 0.29) is 57.1 Å². The Bertz CT molecular complexity index is 1340. The van der Waals surface area contributed by atoms with Crippen molar-refractivity contribution in [3.05, 3.63) is 39.9 Å². The molecule has 18 heteroatoms. The number of aliphatic hydroxyl groups is 1. The Kier molecular flexibility index (Phi) is 9.17. The number of H-pyrrole nitrogens is 1. The van der Waals surface area contributed by atoms with Gasteiger partial charge in [0.25, 0.3) is 11.5 Å². The molecule has 1 fully saturated rings. The molecule has 2 atom stereocenters. The fraction of sp³-hybridized carbons (Fsp3) is 0.583. The first-order valence-electron chi connectivity index (χ1n) is 12.7. The number of nitrogens with one attached hydrogen (secondary N) is 2. The quantitative estimate of drug-likeness (QED) is 0.297. The molecule has 3 N–H and O–H groups in total. The van der Waals surface area contributed by atoms with E-state index in [9.17, 15) is 41.0 Å². The van der Waals surface area contributed by atoms with Gasteiger partial charge in [0.1, 0.15) is 5.56 Å². The standard InChI is InChI=1S/C24H28F6N6O5S/c1-22(2,42-34-15-9-32-33-20(38)18(15)24(28,29)30)12-40-11-16(37)21(39)35-4-5-36-14(10-35)3-6-41-17-7-13(23(25,26)27)8-31-19(17)36/h7-9,14,16,37H,3-6,10-12H2,1-2H3,(H2,33,34,38)/t14-,16?/m1/s1. The van der Waals surface area contributed by atoms with E-state index in [1.165, 1.54) is 4.90 Å². The number of aliphatic hydroxyl groups excluding tert-OH is 1. The highest BCUT2D eigenvalue weighted by atomic mass is 32.2. The summed E-state index contributed by atoms with van der Waals surface area (Å²) >= 11 is 0.839. The zero-order valence-corrected chi connectivity index (χ0v) is 23.2. The molecule has 1 amide bonds. The summed E-state index contributed by atoms with van der Waals surface area (Å²) in [6.45, 7) is 3.54. The zero-order valence-electron chi connectivity index (χ0n) is 22.4. The number of aromatic nitrogens is 3. The molecule has 0 radical (unpaired) electrons. The van der Waals surface area contributed by atoms with Crippen molar-refractivity contribution >= 4 is 29.4 Å². The Hall–Kier alpha value is -3.25. The molecule has 2 aliphatic rings. The Labute approximate surface area is 239 Å². The number of pyridine rings is 1. The van der Waals surface area contributed by atoms with E-state index < -0.39 is 51.5 Å². The van der Waals surface area contributed by atoms with Gasteiger partial charge in [0, 0.05) is 32.3 Å². The Morgan fingerprint density at radius 1 is 1.24 bits per heavy atom. The normalized spacial score (nSPS) is 18.5. The number of hydrogen-bond donors (Lipinski definition) is 3. The van der Waals surface area contributed by atoms with E-state index in [2.05, 4.69) is 14.8 Å². The number of hydrogen-bond acceptors (Lipinski definition) is 10. The molecule has 2 aromatic rings. The van der Waals surface area contributed by atoms with Crippen molar-refractivity contribution in [1.29, 1.82) is 0 Å². The third kappa shape index (κ3) is 7.38. The number of amides is 1. The number of carbonyl (C=O) groups is 1. The second-order valence-corrected chi connectivity index (χ2v) is 11.8. The van der Waals surface area contributed by atoms with Crippen molar-refractivity contribution in [3.8, 4) is 5.75 Å². The maximum Gasteiger partial charge on any atom is 0.423 e. The fourth-order valence-electron chi connectivity index (χ4n) is 4.48. The zero-order chi connectivity index (χ0) is 30.9. The van der Waals surface area contributed by atoms with Gasteiger partial charge in [-0.2, -0.15) is 31.4 Å². The summed E-state index contributed by atoms with van der Waals surface area (Å²) in [6, 6.07) is 0.605. The maximum absolute atomic E-state index is 13.2. The molecule has 42 heavy (non-hydrogen) atoms. The lowest BCUT2D eigenvalue weighted by molar-refractivity contribution is -0.144. The Morgan fingerprint density at radius 3 is 2.67 bits per heavy atom. The maximum atomic E-state index is 13.2. The van der Waals surface area contributed by atoms with Gasteiger partial charge in [-0.3, -0.25) is 9.59 Å². The number of anilines is 2. The van der Waals surface area contributed by atoms with Crippen LogP contribution in [0.1, 0.15) is 31.4 Å². The molecule has 1 saturated heterocycles. The molecule has 4 heterocycles. The van der Waals surface area contributed by atoms with E-state index >= 15 is 0 Å². The average molecular weight is 627 g/mol. The number of ether oxygens (including phenoxy) is 2. The molecule has 2 aromatic heterocycles. The molecule has 0 saturated carbocycles. The van der Waals surface area contributed by atoms with Crippen LogP contribution >= 0.6 is 11.9 Å². The summed E-state index contributed by atoms with van der Waals surface area (Å²) in [4.78, 5) is 31.8. The number of aromatic amines is 1. The monoisotopic (exact) mass is 626 g/mol. The van der Waals surface area contributed by atoms with Crippen LogP contribution in [0.15, 0.2) is 23.3 Å². The highest BCUT2D eigenvalue weighted by Gasteiger charge is 2.39. The van der Waals surface area contributed by atoms with Crippen LogP contribution < -0.4 is 19.9 Å². The van der Waals surface area contributed by atoms with Crippen molar-refractivity contribution in [2.45, 2.75) is 49.5 Å². The molecule has 0 bridgehead atoms. The number of fused-ring (bicyclic) bond motifs is 3. The molecular formula is C24H28F6N6O5S. The van der Waals surface area contributed by atoms with Gasteiger partial charge < -0.3 is 29.1 Å². The molecule has 2 aliphatic heterocycles. The molecule has 232 valence electrons. The summed E-state index contributed by atoms with van der Waals surface area (Å²) < 4.78 is 91.7. The van der Waals surface area contributed by atoms with Gasteiger partial charge in [-0.1, -0.05) is 0 Å². The van der Waals surface area contributed by atoms with Gasteiger partial charge in [-0.15, -0.1) is 0 Å². The summed E-state index contributed by atoms with van der Waals surface area (Å²) in [5.74, 6) is -0.332. The minimum Gasteiger partial charge on any atom is -0.490 e. The molecule has 11 nitrogen and oxygen atoms in total. The average Bonchev–Trinajstić information content (AvgIpc) is 3.08. The number of piperazine rings is 1. The summed E-state index contributed by atoms with van der Waals surface area (Å²) in [5, 5.41) is 15.6. The topological polar surface area (TPSA) is 133 Å². The predicted octanol–water partition coefficient (Wildman–Crippen LogP) is 2.92. The van der Waals surface area contributed by atoms with Crippen molar-refractivity contribution in [1.82, 2.24) is 20.1 Å². The van der Waals surface area contributed by atoms with Gasteiger partial charge in [-0.05, 0) is 31.9 Å². The third-order valence-electron chi connectivity index (χ3n) is 6.52. The van der Waals surface area contributed by atoms with Crippen LogP contribution in [-0.2, 0) is 21.9 Å². The van der Waals surface area contributed by atoms with Crippen molar-refractivity contribution in [2.24, 2.45) is 0 Å². The smallest absolute Gasteiger partial charge is 0.423 e. The highest BCUT2D eigenvalue weighted by molar-refractivity contribution is 8.01. The number of nitrogens with zero attached hydrogens (tertiary/aromatic N) is 4. The number of alkyl halides is 6. The van der Waals surface area contributed by atoms with E-state index in [1.807, 2.05) is 0 Å². The largest absolute Gasteiger partial charge is 0.490 e. The first-order chi connectivity index (χ1) is 19.6. The van der Waals surface area contributed by atoms with Gasteiger partial charge in [-0.25, -0.2) is 10.1 Å². The van der Waals surface area contributed by atoms with Crippen molar-refractivity contribution in [3.63, 3.8) is 0 Å². The van der Waals surface area contributed by atoms with Crippen LogP contribution in [-0.4, -0.2) is 87.4 Å². The van der Waals surface area contributed by atoms with Crippen molar-refractivity contribution < 1.29 is 45.7 Å². The number of halogens is 6. The van der Waals surface area contributed by atoms with Gasteiger partial charge in [0.2, 0.25) is 0 Å². The number of rotatable bonds is 8. The van der Waals surface area contributed by atoms with Gasteiger partial charge in [0.05, 0.1) is 48.1 Å². The summed E-state index contributed by atoms with van der Waals surface area (Å²) in [6.07, 6.45) is -9.01. The first-order valence-corrected chi connectivity index (χ1v) is 13.5. The molecule has 0 aliphatic carbocycles. The lowest BCUT2D eigenvalue weighted by Gasteiger charge is -2.41. The van der Waals surface area contributed by atoms with Crippen LogP contribution in [0.2, 0.25) is 0 Å². The minimum atomic E-state index is -4.91. The second kappa shape index (κ2) is 12.2. The van der Waals surface area contributed by atoms with E-state index in [0.29, 0.717) is 6.42 Å². The van der Waals surface area contributed by atoms with Crippen LogP contribution in [0.3, 0.4) is 0 Å². The SMILES string of the molecule is CC(C)(COCC(O)C(=O)N1CCN2c3ncc(C(F)(F)F)cc3OCC[C@@H]2C1)SNc1cn[nH]c(=O)c1C(F)(F)F. The van der Waals surface area contributed by atoms with Gasteiger partial charge in [0.15, 0.2) is 17.7 Å². The van der Waals surface area contributed by atoms with Crippen LogP contribution in [0.4, 0.5) is 37.8 Å². The lowest BCUT2D eigenvalue weighted by Crippen LogP contribution is -2.57. The third-order valence-corrected chi connectivity index (χ3v) is 7.52. The number of carbonyl (C=O) groups excluding carboxylic acids is 1. The Balaban J connectivity index is 1.29. The molecule has 0 spiro atoms. The van der Waals surface area contributed by atoms with Crippen LogP contribution in [0, 0.1) is 0 Å².